The summed E-state index contributed by atoms with van der Waals surface area (Å²) < 4.78 is 11.3. The molecule has 0 amide bonds. The van der Waals surface area contributed by atoms with Gasteiger partial charge in [-0.25, -0.2) is 0 Å². The molecule has 1 aliphatic carbocycles. The van der Waals surface area contributed by atoms with E-state index in [2.05, 4.69) is 24.0 Å². The molecule has 0 radical (unpaired) electrons. The Morgan fingerprint density at radius 3 is 2.62 bits per heavy atom. The zero-order valence-electron chi connectivity index (χ0n) is 10.1. The molecule has 2 atom stereocenters. The SMILES string of the molecule is CCSC1CCC(NC2CCS(=O)CC2)C1. The molecule has 1 heterocycles. The quantitative estimate of drug-likeness (QED) is 0.841. The molecule has 2 fully saturated rings. The summed E-state index contributed by atoms with van der Waals surface area (Å²) in [5, 5.41) is 4.67. The largest absolute Gasteiger partial charge is 0.311 e. The van der Waals surface area contributed by atoms with Crippen LogP contribution in [0.4, 0.5) is 0 Å². The smallest absolute Gasteiger partial charge is 0.0249 e. The summed E-state index contributed by atoms with van der Waals surface area (Å²) in [6.07, 6.45) is 6.31. The molecule has 1 saturated heterocycles. The van der Waals surface area contributed by atoms with Gasteiger partial charge in [-0.1, -0.05) is 6.92 Å². The topological polar surface area (TPSA) is 29.1 Å². The van der Waals surface area contributed by atoms with Crippen molar-refractivity contribution in [3.05, 3.63) is 0 Å². The predicted molar refractivity (Wildman–Crippen MR) is 73.6 cm³/mol. The highest BCUT2D eigenvalue weighted by Crippen LogP contribution is 2.30. The maximum atomic E-state index is 11.3. The van der Waals surface area contributed by atoms with Gasteiger partial charge in [0.15, 0.2) is 0 Å². The Morgan fingerprint density at radius 1 is 1.19 bits per heavy atom. The van der Waals surface area contributed by atoms with Gasteiger partial charge in [0.1, 0.15) is 0 Å². The zero-order valence-corrected chi connectivity index (χ0v) is 11.7. The third-order valence-electron chi connectivity index (χ3n) is 3.65. The molecule has 2 rings (SSSR count). The molecule has 0 aromatic carbocycles. The van der Waals surface area contributed by atoms with Crippen LogP contribution in [0.25, 0.3) is 0 Å². The highest BCUT2D eigenvalue weighted by molar-refractivity contribution is 7.99. The van der Waals surface area contributed by atoms with E-state index in [9.17, 15) is 4.21 Å². The Kier molecular flexibility index (Phi) is 5.17. The van der Waals surface area contributed by atoms with Crippen molar-refractivity contribution in [2.45, 2.75) is 56.4 Å². The number of hydrogen-bond acceptors (Lipinski definition) is 3. The van der Waals surface area contributed by atoms with Crippen molar-refractivity contribution >= 4 is 22.6 Å². The summed E-state index contributed by atoms with van der Waals surface area (Å²) in [6, 6.07) is 1.38. The van der Waals surface area contributed by atoms with E-state index in [0.29, 0.717) is 6.04 Å². The van der Waals surface area contributed by atoms with Crippen LogP contribution in [0.5, 0.6) is 0 Å². The van der Waals surface area contributed by atoms with E-state index < -0.39 is 10.8 Å². The van der Waals surface area contributed by atoms with E-state index in [1.54, 1.807) is 0 Å². The Hall–Kier alpha value is 0.460. The van der Waals surface area contributed by atoms with Crippen molar-refractivity contribution < 1.29 is 4.21 Å². The molecule has 0 bridgehead atoms. The maximum absolute atomic E-state index is 11.3. The normalized spacial score (nSPS) is 40.1. The predicted octanol–water partition coefficient (Wildman–Crippen LogP) is 2.16. The van der Waals surface area contributed by atoms with Gasteiger partial charge in [-0.2, -0.15) is 11.8 Å². The fourth-order valence-corrected chi connectivity index (χ4v) is 5.21. The number of nitrogens with one attached hydrogen (secondary N) is 1. The lowest BCUT2D eigenvalue weighted by Crippen LogP contribution is -2.41. The summed E-state index contributed by atoms with van der Waals surface area (Å²) in [5.74, 6) is 3.08. The molecule has 2 unspecified atom stereocenters. The van der Waals surface area contributed by atoms with Crippen LogP contribution in [0.2, 0.25) is 0 Å². The highest BCUT2D eigenvalue weighted by Gasteiger charge is 2.27. The fraction of sp³-hybridized carbons (Fsp3) is 1.00. The van der Waals surface area contributed by atoms with E-state index in [1.807, 2.05) is 0 Å². The van der Waals surface area contributed by atoms with Gasteiger partial charge in [0.05, 0.1) is 0 Å². The number of thioether (sulfide) groups is 1. The van der Waals surface area contributed by atoms with Crippen molar-refractivity contribution in [2.75, 3.05) is 17.3 Å². The molecule has 1 N–H and O–H groups in total. The lowest BCUT2D eigenvalue weighted by molar-refractivity contribution is 0.407. The molecule has 2 nitrogen and oxygen atoms in total. The second-order valence-corrected chi connectivity index (χ2v) is 8.15. The Labute approximate surface area is 106 Å². The van der Waals surface area contributed by atoms with Crippen LogP contribution < -0.4 is 5.32 Å². The van der Waals surface area contributed by atoms with Crippen LogP contribution in [-0.2, 0) is 10.8 Å². The van der Waals surface area contributed by atoms with Crippen molar-refractivity contribution in [1.82, 2.24) is 5.32 Å². The summed E-state index contributed by atoms with van der Waals surface area (Å²) >= 11 is 2.12. The molecular formula is C12H23NOS2. The monoisotopic (exact) mass is 261 g/mol. The third-order valence-corrected chi connectivity index (χ3v) is 6.26. The van der Waals surface area contributed by atoms with Crippen LogP contribution in [0.15, 0.2) is 0 Å². The molecule has 0 aromatic heterocycles. The average Bonchev–Trinajstić information content (AvgIpc) is 2.70. The summed E-state index contributed by atoms with van der Waals surface area (Å²) in [5.41, 5.74) is 0. The van der Waals surface area contributed by atoms with Crippen LogP contribution in [-0.4, -0.2) is 38.8 Å². The molecule has 4 heteroatoms. The molecule has 1 saturated carbocycles. The van der Waals surface area contributed by atoms with E-state index in [-0.39, 0.29) is 0 Å². The number of hydrogen-bond donors (Lipinski definition) is 1. The molecule has 1 aliphatic heterocycles. The van der Waals surface area contributed by atoms with Crippen molar-refractivity contribution in [3.63, 3.8) is 0 Å². The Bertz CT molecular complexity index is 237. The van der Waals surface area contributed by atoms with Gasteiger partial charge in [0.25, 0.3) is 0 Å². The van der Waals surface area contributed by atoms with Crippen LogP contribution in [0.1, 0.15) is 39.0 Å². The van der Waals surface area contributed by atoms with Crippen molar-refractivity contribution in [3.8, 4) is 0 Å². The van der Waals surface area contributed by atoms with Gasteiger partial charge in [-0.05, 0) is 37.9 Å². The first-order chi connectivity index (χ1) is 7.78. The van der Waals surface area contributed by atoms with E-state index in [0.717, 1.165) is 35.6 Å². The first kappa shape index (κ1) is 12.9. The average molecular weight is 261 g/mol. The molecule has 2 aliphatic rings. The van der Waals surface area contributed by atoms with Crippen molar-refractivity contribution in [2.24, 2.45) is 0 Å². The van der Waals surface area contributed by atoms with E-state index in [4.69, 9.17) is 0 Å². The van der Waals surface area contributed by atoms with Crippen molar-refractivity contribution in [1.29, 1.82) is 0 Å². The molecule has 0 spiro atoms. The molecule has 16 heavy (non-hydrogen) atoms. The van der Waals surface area contributed by atoms with E-state index >= 15 is 0 Å². The van der Waals surface area contributed by atoms with Gasteiger partial charge < -0.3 is 5.32 Å². The van der Waals surface area contributed by atoms with Gasteiger partial charge in [0.2, 0.25) is 0 Å². The Balaban J connectivity index is 1.68. The molecular weight excluding hydrogens is 238 g/mol. The lowest BCUT2D eigenvalue weighted by Gasteiger charge is -2.26. The number of rotatable bonds is 4. The first-order valence-electron chi connectivity index (χ1n) is 6.50. The first-order valence-corrected chi connectivity index (χ1v) is 9.04. The summed E-state index contributed by atoms with van der Waals surface area (Å²) in [4.78, 5) is 0. The lowest BCUT2D eigenvalue weighted by atomic mass is 10.1. The van der Waals surface area contributed by atoms with Gasteiger partial charge in [-0.15, -0.1) is 0 Å². The molecule has 94 valence electrons. The second kappa shape index (κ2) is 6.41. The second-order valence-electron chi connectivity index (χ2n) is 4.88. The standard InChI is InChI=1S/C12H23NOS2/c1-2-15-12-4-3-11(9-12)13-10-5-7-16(14)8-6-10/h10-13H,2-9H2,1H3. The van der Waals surface area contributed by atoms with Gasteiger partial charge >= 0.3 is 0 Å². The van der Waals surface area contributed by atoms with Gasteiger partial charge in [-0.3, -0.25) is 4.21 Å². The molecule has 0 aromatic rings. The summed E-state index contributed by atoms with van der Waals surface area (Å²) in [6.45, 7) is 2.25. The van der Waals surface area contributed by atoms with Crippen LogP contribution in [0.3, 0.4) is 0 Å². The highest BCUT2D eigenvalue weighted by atomic mass is 32.2. The van der Waals surface area contributed by atoms with Gasteiger partial charge in [0, 0.05) is 39.6 Å². The van der Waals surface area contributed by atoms with Crippen LogP contribution in [0, 0.1) is 0 Å². The van der Waals surface area contributed by atoms with E-state index in [1.165, 1.54) is 25.0 Å². The minimum atomic E-state index is -0.518. The minimum Gasteiger partial charge on any atom is -0.311 e. The fourth-order valence-electron chi connectivity index (χ4n) is 2.77. The van der Waals surface area contributed by atoms with Crippen LogP contribution >= 0.6 is 11.8 Å². The Morgan fingerprint density at radius 2 is 1.94 bits per heavy atom. The third kappa shape index (κ3) is 3.74. The maximum Gasteiger partial charge on any atom is 0.0249 e. The summed E-state index contributed by atoms with van der Waals surface area (Å²) in [7, 11) is -0.518. The minimum absolute atomic E-state index is 0.518. The zero-order chi connectivity index (χ0) is 11.4.